The Hall–Kier alpha value is -5.02. The lowest BCUT2D eigenvalue weighted by atomic mass is 9.80. The SMILES string of the molecule is CCC(CC(CC(C)n1c2ccccc2c2ccccc21)c1ccc(-c2ccccn2)cc1)c1ccc2c(c1)C[n+]1ccccc1-2. The van der Waals surface area contributed by atoms with Crippen LogP contribution in [0.2, 0.25) is 0 Å². The summed E-state index contributed by atoms with van der Waals surface area (Å²) in [4.78, 5) is 4.60. The van der Waals surface area contributed by atoms with Crippen LogP contribution < -0.4 is 4.57 Å². The molecule has 1 aliphatic heterocycles. The van der Waals surface area contributed by atoms with Crippen molar-refractivity contribution in [2.45, 2.75) is 57.5 Å². The van der Waals surface area contributed by atoms with Gasteiger partial charge in [0.05, 0.1) is 11.3 Å². The molecule has 7 aromatic rings. The Bertz CT molecular complexity index is 2090. The largest absolute Gasteiger partial charge is 0.338 e. The maximum absolute atomic E-state index is 4.60. The number of fused-ring (bicyclic) bond motifs is 6. The van der Waals surface area contributed by atoms with Gasteiger partial charge in [-0.2, -0.15) is 4.57 Å². The molecule has 0 spiro atoms. The average molecular weight is 599 g/mol. The molecule has 0 saturated heterocycles. The van der Waals surface area contributed by atoms with Gasteiger partial charge in [0.1, 0.15) is 0 Å². The van der Waals surface area contributed by atoms with E-state index in [2.05, 4.69) is 155 Å². The van der Waals surface area contributed by atoms with E-state index in [9.17, 15) is 0 Å². The Labute approximate surface area is 271 Å². The second-order valence-corrected chi connectivity index (χ2v) is 13.0. The highest BCUT2D eigenvalue weighted by Crippen LogP contribution is 2.41. The second-order valence-electron chi connectivity index (χ2n) is 13.0. The van der Waals surface area contributed by atoms with E-state index in [0.29, 0.717) is 17.9 Å². The fourth-order valence-electron chi connectivity index (χ4n) is 7.95. The summed E-state index contributed by atoms with van der Waals surface area (Å²) in [5.74, 6) is 0.877. The van der Waals surface area contributed by atoms with E-state index in [4.69, 9.17) is 0 Å². The summed E-state index contributed by atoms with van der Waals surface area (Å²) in [5.41, 5.74) is 11.9. The number of pyridine rings is 2. The third-order valence-electron chi connectivity index (χ3n) is 10.2. The molecule has 226 valence electrons. The first-order valence-corrected chi connectivity index (χ1v) is 16.8. The fraction of sp³-hybridized carbons (Fsp3) is 0.209. The lowest BCUT2D eigenvalue weighted by molar-refractivity contribution is -0.672. The predicted molar refractivity (Wildman–Crippen MR) is 190 cm³/mol. The van der Waals surface area contributed by atoms with Crippen LogP contribution in [0.15, 0.2) is 140 Å². The molecule has 3 unspecified atom stereocenters. The van der Waals surface area contributed by atoms with Gasteiger partial charge in [-0.3, -0.25) is 4.98 Å². The van der Waals surface area contributed by atoms with Crippen LogP contribution in [0.25, 0.3) is 44.3 Å². The quantitative estimate of drug-likeness (QED) is 0.152. The molecule has 0 N–H and O–H groups in total. The highest BCUT2D eigenvalue weighted by Gasteiger charge is 2.28. The van der Waals surface area contributed by atoms with Gasteiger partial charge in [-0.25, -0.2) is 0 Å². The number of hydrogen-bond acceptors (Lipinski definition) is 1. The zero-order chi connectivity index (χ0) is 31.0. The summed E-state index contributed by atoms with van der Waals surface area (Å²) in [6.45, 7) is 5.73. The first kappa shape index (κ1) is 28.5. The van der Waals surface area contributed by atoms with Gasteiger partial charge in [0, 0.05) is 57.3 Å². The molecule has 1 aliphatic rings. The van der Waals surface area contributed by atoms with Gasteiger partial charge in [-0.1, -0.05) is 79.7 Å². The van der Waals surface area contributed by atoms with Crippen molar-refractivity contribution in [2.75, 3.05) is 0 Å². The monoisotopic (exact) mass is 598 g/mol. The minimum atomic E-state index is 0.327. The second kappa shape index (κ2) is 12.1. The zero-order valence-corrected chi connectivity index (χ0v) is 26.7. The molecular formula is C43H40N3+. The lowest BCUT2D eigenvalue weighted by Crippen LogP contribution is -2.31. The average Bonchev–Trinajstić information content (AvgIpc) is 3.66. The Morgan fingerprint density at radius 2 is 1.39 bits per heavy atom. The molecule has 3 aromatic heterocycles. The van der Waals surface area contributed by atoms with Crippen LogP contribution in [-0.4, -0.2) is 9.55 Å². The van der Waals surface area contributed by atoms with Gasteiger partial charge in [-0.05, 0) is 91.6 Å². The first-order chi connectivity index (χ1) is 22.7. The molecule has 0 fully saturated rings. The van der Waals surface area contributed by atoms with E-state index >= 15 is 0 Å². The molecule has 0 amide bonds. The van der Waals surface area contributed by atoms with Crippen molar-refractivity contribution in [1.82, 2.24) is 9.55 Å². The highest BCUT2D eigenvalue weighted by molar-refractivity contribution is 6.08. The van der Waals surface area contributed by atoms with E-state index in [1.54, 1.807) is 0 Å². The topological polar surface area (TPSA) is 21.7 Å². The van der Waals surface area contributed by atoms with Crippen molar-refractivity contribution in [3.05, 3.63) is 156 Å². The van der Waals surface area contributed by atoms with Crippen LogP contribution in [0.4, 0.5) is 0 Å². The van der Waals surface area contributed by atoms with Crippen molar-refractivity contribution >= 4 is 21.8 Å². The number of nitrogens with zero attached hydrogens (tertiary/aromatic N) is 3. The Kier molecular flexibility index (Phi) is 7.46. The summed E-state index contributed by atoms with van der Waals surface area (Å²) in [7, 11) is 0. The summed E-state index contributed by atoms with van der Waals surface area (Å²) < 4.78 is 4.96. The van der Waals surface area contributed by atoms with E-state index in [1.165, 1.54) is 55.3 Å². The van der Waals surface area contributed by atoms with Gasteiger partial charge < -0.3 is 4.57 Å². The molecule has 4 aromatic carbocycles. The van der Waals surface area contributed by atoms with Crippen molar-refractivity contribution in [1.29, 1.82) is 0 Å². The summed E-state index contributed by atoms with van der Waals surface area (Å²) in [6, 6.07) is 47.3. The Balaban J connectivity index is 1.15. The molecule has 46 heavy (non-hydrogen) atoms. The number of aromatic nitrogens is 3. The maximum atomic E-state index is 4.60. The van der Waals surface area contributed by atoms with Gasteiger partial charge in [0.15, 0.2) is 12.7 Å². The van der Waals surface area contributed by atoms with E-state index in [0.717, 1.165) is 31.5 Å². The molecule has 0 bridgehead atoms. The molecule has 0 aliphatic carbocycles. The van der Waals surface area contributed by atoms with Gasteiger partial charge in [-0.15, -0.1) is 0 Å². The molecule has 3 nitrogen and oxygen atoms in total. The Morgan fingerprint density at radius 1 is 0.696 bits per heavy atom. The summed E-state index contributed by atoms with van der Waals surface area (Å²) in [5, 5.41) is 2.68. The standard InChI is InChI=1S/C43H40N3/c1-3-31(34-22-23-37-36(28-34)29-45-25-11-9-15-41(37)45)27-35(32-18-20-33(21-19-32)40-14-8-10-24-44-40)26-30(2)46-42-16-6-4-12-38(42)39-13-5-7-17-43(39)46/h4-25,28,30-31,35H,3,26-27,29H2,1-2H3/q+1. The van der Waals surface area contributed by atoms with Gasteiger partial charge in [0.2, 0.25) is 5.69 Å². The molecule has 4 heterocycles. The van der Waals surface area contributed by atoms with Gasteiger partial charge in [0.25, 0.3) is 0 Å². The third-order valence-corrected chi connectivity index (χ3v) is 10.2. The fourth-order valence-corrected chi connectivity index (χ4v) is 7.95. The van der Waals surface area contributed by atoms with Crippen LogP contribution in [0, 0.1) is 0 Å². The summed E-state index contributed by atoms with van der Waals surface area (Å²) in [6.07, 6.45) is 7.37. The number of benzene rings is 4. The van der Waals surface area contributed by atoms with Crippen LogP contribution in [0.5, 0.6) is 0 Å². The molecule has 3 atom stereocenters. The van der Waals surface area contributed by atoms with Crippen molar-refractivity contribution < 1.29 is 4.57 Å². The first-order valence-electron chi connectivity index (χ1n) is 16.8. The van der Waals surface area contributed by atoms with Gasteiger partial charge >= 0.3 is 0 Å². The van der Waals surface area contributed by atoms with Crippen LogP contribution >= 0.6 is 0 Å². The molecule has 8 rings (SSSR count). The Morgan fingerprint density at radius 3 is 2.11 bits per heavy atom. The van der Waals surface area contributed by atoms with Crippen LogP contribution in [0.1, 0.15) is 67.7 Å². The molecular weight excluding hydrogens is 558 g/mol. The number of hydrogen-bond donors (Lipinski definition) is 0. The lowest BCUT2D eigenvalue weighted by Gasteiger charge is -2.28. The van der Waals surface area contributed by atoms with E-state index < -0.39 is 0 Å². The minimum Gasteiger partial charge on any atom is -0.338 e. The third kappa shape index (κ3) is 5.10. The normalized spacial score (nSPS) is 14.2. The predicted octanol–water partition coefficient (Wildman–Crippen LogP) is 10.5. The molecule has 0 radical (unpaired) electrons. The number of para-hydroxylation sites is 2. The van der Waals surface area contributed by atoms with Crippen LogP contribution in [0.3, 0.4) is 0 Å². The minimum absolute atomic E-state index is 0.327. The van der Waals surface area contributed by atoms with E-state index in [1.807, 2.05) is 12.3 Å². The molecule has 3 heteroatoms. The van der Waals surface area contributed by atoms with Crippen molar-refractivity contribution in [2.24, 2.45) is 0 Å². The van der Waals surface area contributed by atoms with E-state index in [-0.39, 0.29) is 0 Å². The van der Waals surface area contributed by atoms with Crippen molar-refractivity contribution in [3.8, 4) is 22.5 Å². The number of rotatable bonds is 9. The van der Waals surface area contributed by atoms with Crippen molar-refractivity contribution in [3.63, 3.8) is 0 Å². The molecule has 0 saturated carbocycles. The summed E-state index contributed by atoms with van der Waals surface area (Å²) >= 11 is 0. The smallest absolute Gasteiger partial charge is 0.213 e. The highest BCUT2D eigenvalue weighted by atomic mass is 15.0. The maximum Gasteiger partial charge on any atom is 0.213 e. The zero-order valence-electron chi connectivity index (χ0n) is 26.7. The van der Waals surface area contributed by atoms with Crippen LogP contribution in [-0.2, 0) is 6.54 Å².